The van der Waals surface area contributed by atoms with Crippen LogP contribution in [0.4, 0.5) is 4.39 Å². The average molecular weight is 444 g/mol. The summed E-state index contributed by atoms with van der Waals surface area (Å²) in [6.07, 6.45) is 3.66. The van der Waals surface area contributed by atoms with E-state index in [9.17, 15) is 4.39 Å². The number of nitrogens with zero attached hydrogens (tertiary/aromatic N) is 3. The second kappa shape index (κ2) is 8.60. The number of thiophene rings is 1. The van der Waals surface area contributed by atoms with E-state index in [4.69, 9.17) is 9.47 Å². The number of rotatable bonds is 6. The van der Waals surface area contributed by atoms with Crippen molar-refractivity contribution in [1.82, 2.24) is 20.6 Å². The molecule has 32 heavy (non-hydrogen) atoms. The summed E-state index contributed by atoms with van der Waals surface area (Å²) in [5.74, 6) is 2.43. The molecule has 0 atom stereocenters. The predicted molar refractivity (Wildman–Crippen MR) is 123 cm³/mol. The number of aromatic amines is 1. The fourth-order valence-corrected chi connectivity index (χ4v) is 4.41. The molecule has 158 valence electrons. The summed E-state index contributed by atoms with van der Waals surface area (Å²) in [5, 5.41) is 14.7. The van der Waals surface area contributed by atoms with Crippen LogP contribution >= 0.6 is 11.3 Å². The monoisotopic (exact) mass is 444 g/mol. The van der Waals surface area contributed by atoms with Crippen LogP contribution in [0.3, 0.4) is 0 Å². The molecule has 0 fully saturated rings. The van der Waals surface area contributed by atoms with Crippen LogP contribution in [0.5, 0.6) is 17.2 Å². The molecule has 8 heteroatoms. The first-order valence-corrected chi connectivity index (χ1v) is 10.6. The Morgan fingerprint density at radius 3 is 2.44 bits per heavy atom. The fraction of sp³-hybridized carbons (Fsp3) is 0.0417. The van der Waals surface area contributed by atoms with Gasteiger partial charge in [-0.25, -0.2) is 4.39 Å². The molecule has 0 saturated carbocycles. The third-order valence-corrected chi connectivity index (χ3v) is 6.03. The second-order valence-electron chi connectivity index (χ2n) is 6.90. The summed E-state index contributed by atoms with van der Waals surface area (Å²) in [6, 6.07) is 20.0. The Labute approximate surface area is 186 Å². The van der Waals surface area contributed by atoms with Crippen molar-refractivity contribution in [1.29, 1.82) is 0 Å². The lowest BCUT2D eigenvalue weighted by atomic mass is 10.1. The molecule has 5 aromatic rings. The number of hydrogen-bond donors (Lipinski definition) is 1. The van der Waals surface area contributed by atoms with Crippen molar-refractivity contribution in [3.63, 3.8) is 0 Å². The van der Waals surface area contributed by atoms with Crippen molar-refractivity contribution < 1.29 is 13.9 Å². The Kier molecular flexibility index (Phi) is 5.35. The van der Waals surface area contributed by atoms with Gasteiger partial charge in [0.2, 0.25) is 0 Å². The summed E-state index contributed by atoms with van der Waals surface area (Å²) in [7, 11) is 1.64. The number of hydrogen-bond acceptors (Lipinski definition) is 6. The predicted octanol–water partition coefficient (Wildman–Crippen LogP) is 6.19. The Morgan fingerprint density at radius 2 is 1.72 bits per heavy atom. The molecule has 6 nitrogen and oxygen atoms in total. The largest absolute Gasteiger partial charge is 0.497 e. The lowest BCUT2D eigenvalue weighted by Crippen LogP contribution is -1.87. The number of tetrazole rings is 1. The summed E-state index contributed by atoms with van der Waals surface area (Å²) in [4.78, 5) is 0.925. The highest BCUT2D eigenvalue weighted by molar-refractivity contribution is 7.22. The SMILES string of the molecule is COc1ccc2c(Oc3ccc(/C=C/c4nn[nH]n4)cc3)c(-c3ccc(F)cc3)sc2c1. The van der Waals surface area contributed by atoms with Crippen LogP contribution in [-0.4, -0.2) is 27.7 Å². The number of H-pyrrole nitrogens is 1. The van der Waals surface area contributed by atoms with Crippen LogP contribution in [-0.2, 0) is 0 Å². The van der Waals surface area contributed by atoms with E-state index in [1.807, 2.05) is 48.5 Å². The molecular weight excluding hydrogens is 427 g/mol. The molecule has 2 aromatic heterocycles. The lowest BCUT2D eigenvalue weighted by Gasteiger charge is -2.09. The molecule has 0 amide bonds. The normalized spacial score (nSPS) is 11.3. The van der Waals surface area contributed by atoms with Crippen molar-refractivity contribution in [3.8, 4) is 27.7 Å². The van der Waals surface area contributed by atoms with Gasteiger partial charge in [-0.3, -0.25) is 0 Å². The number of methoxy groups -OCH3 is 1. The molecule has 0 unspecified atom stereocenters. The summed E-state index contributed by atoms with van der Waals surface area (Å²) < 4.78 is 26.2. The Morgan fingerprint density at radius 1 is 0.938 bits per heavy atom. The highest BCUT2D eigenvalue weighted by Gasteiger charge is 2.17. The standard InChI is InChI=1S/C24H17FN4O2S/c1-30-19-11-12-20-21(14-19)32-24(16-5-7-17(25)8-6-16)23(20)31-18-9-2-15(3-10-18)4-13-22-26-28-29-27-22/h2-14H,1H3,(H,26,27,28,29)/b13-4+. The molecule has 0 spiro atoms. The topological polar surface area (TPSA) is 72.9 Å². The zero-order chi connectivity index (χ0) is 21.9. The first-order valence-electron chi connectivity index (χ1n) is 9.75. The van der Waals surface area contributed by atoms with Crippen LogP contribution in [0, 0.1) is 5.82 Å². The molecule has 0 bridgehead atoms. The Hall–Kier alpha value is -4.04. The van der Waals surface area contributed by atoms with Gasteiger partial charge in [-0.05, 0) is 64.9 Å². The van der Waals surface area contributed by atoms with Gasteiger partial charge in [-0.15, -0.1) is 21.5 Å². The van der Waals surface area contributed by atoms with Crippen LogP contribution in [0.15, 0.2) is 66.7 Å². The van der Waals surface area contributed by atoms with Gasteiger partial charge in [0, 0.05) is 10.1 Å². The molecule has 0 saturated heterocycles. The minimum atomic E-state index is -0.275. The van der Waals surface area contributed by atoms with Gasteiger partial charge in [-0.2, -0.15) is 5.21 Å². The maximum Gasteiger partial charge on any atom is 0.197 e. The summed E-state index contributed by atoms with van der Waals surface area (Å²) in [6.45, 7) is 0. The van der Waals surface area contributed by atoms with Crippen LogP contribution < -0.4 is 9.47 Å². The third-order valence-electron chi connectivity index (χ3n) is 4.84. The smallest absolute Gasteiger partial charge is 0.197 e. The lowest BCUT2D eigenvalue weighted by molar-refractivity contribution is 0.415. The fourth-order valence-electron chi connectivity index (χ4n) is 3.25. The number of fused-ring (bicyclic) bond motifs is 1. The maximum atomic E-state index is 13.5. The van der Waals surface area contributed by atoms with E-state index >= 15 is 0 Å². The summed E-state index contributed by atoms with van der Waals surface area (Å²) >= 11 is 1.58. The van der Waals surface area contributed by atoms with Gasteiger partial charge < -0.3 is 9.47 Å². The van der Waals surface area contributed by atoms with Gasteiger partial charge in [0.05, 0.1) is 12.0 Å². The van der Waals surface area contributed by atoms with E-state index in [-0.39, 0.29) is 5.82 Å². The number of aromatic nitrogens is 4. The van der Waals surface area contributed by atoms with Crippen molar-refractivity contribution in [3.05, 3.63) is 83.9 Å². The molecule has 0 aliphatic rings. The van der Waals surface area contributed by atoms with Gasteiger partial charge in [0.15, 0.2) is 11.6 Å². The summed E-state index contributed by atoms with van der Waals surface area (Å²) in [5.41, 5.74) is 1.86. The van der Waals surface area contributed by atoms with Gasteiger partial charge >= 0.3 is 0 Å². The molecule has 3 aromatic carbocycles. The van der Waals surface area contributed by atoms with E-state index in [2.05, 4.69) is 20.6 Å². The Bertz CT molecular complexity index is 1380. The number of ether oxygens (including phenoxy) is 2. The Balaban J connectivity index is 1.49. The van der Waals surface area contributed by atoms with Gasteiger partial charge in [0.25, 0.3) is 0 Å². The van der Waals surface area contributed by atoms with E-state index < -0.39 is 0 Å². The van der Waals surface area contributed by atoms with Crippen molar-refractivity contribution in [2.45, 2.75) is 0 Å². The molecule has 5 rings (SSSR count). The van der Waals surface area contributed by atoms with E-state index in [1.54, 1.807) is 36.7 Å². The molecular formula is C24H17FN4O2S. The van der Waals surface area contributed by atoms with Gasteiger partial charge in [-0.1, -0.05) is 30.3 Å². The number of halogens is 1. The first-order chi connectivity index (χ1) is 15.7. The highest BCUT2D eigenvalue weighted by atomic mass is 32.1. The van der Waals surface area contributed by atoms with E-state index in [1.165, 1.54) is 12.1 Å². The van der Waals surface area contributed by atoms with Crippen LogP contribution in [0.2, 0.25) is 0 Å². The zero-order valence-electron chi connectivity index (χ0n) is 16.9. The zero-order valence-corrected chi connectivity index (χ0v) is 17.8. The van der Waals surface area contributed by atoms with Crippen molar-refractivity contribution >= 4 is 33.6 Å². The maximum absolute atomic E-state index is 13.5. The number of nitrogens with one attached hydrogen (secondary N) is 1. The molecule has 0 radical (unpaired) electrons. The number of benzene rings is 3. The third kappa shape index (κ3) is 4.08. The van der Waals surface area contributed by atoms with Crippen LogP contribution in [0.25, 0.3) is 32.7 Å². The van der Waals surface area contributed by atoms with E-state index in [0.717, 1.165) is 37.6 Å². The first kappa shape index (κ1) is 19.9. The van der Waals surface area contributed by atoms with Gasteiger partial charge in [0.1, 0.15) is 17.3 Å². The average Bonchev–Trinajstić information content (AvgIpc) is 3.47. The van der Waals surface area contributed by atoms with E-state index in [0.29, 0.717) is 11.6 Å². The highest BCUT2D eigenvalue weighted by Crippen LogP contribution is 2.47. The quantitative estimate of drug-likeness (QED) is 0.338. The molecule has 0 aliphatic heterocycles. The molecule has 1 N–H and O–H groups in total. The minimum Gasteiger partial charge on any atom is -0.497 e. The minimum absolute atomic E-state index is 0.275. The second-order valence-corrected chi connectivity index (χ2v) is 7.96. The molecule has 0 aliphatic carbocycles. The van der Waals surface area contributed by atoms with Crippen molar-refractivity contribution in [2.75, 3.05) is 7.11 Å². The van der Waals surface area contributed by atoms with Crippen molar-refractivity contribution in [2.24, 2.45) is 0 Å². The van der Waals surface area contributed by atoms with Crippen LogP contribution in [0.1, 0.15) is 11.4 Å². The molecule has 2 heterocycles.